The normalized spacial score (nSPS) is 19.8. The minimum Gasteiger partial charge on any atom is -0.446 e. The predicted octanol–water partition coefficient (Wildman–Crippen LogP) is 4.99. The number of aromatic amines is 1. The highest BCUT2D eigenvalue weighted by molar-refractivity contribution is 5.91. The van der Waals surface area contributed by atoms with Crippen LogP contribution in [0.2, 0.25) is 0 Å². The molecule has 182 valence electrons. The minimum absolute atomic E-state index is 0.0740. The quantitative estimate of drug-likeness (QED) is 0.386. The van der Waals surface area contributed by atoms with Crippen LogP contribution >= 0.6 is 0 Å². The van der Waals surface area contributed by atoms with Crippen molar-refractivity contribution in [2.45, 2.75) is 77.1 Å². The summed E-state index contributed by atoms with van der Waals surface area (Å²) in [7, 11) is 0. The molecule has 0 aromatic carbocycles. The van der Waals surface area contributed by atoms with Gasteiger partial charge in [-0.25, -0.2) is 4.79 Å². The Kier molecular flexibility index (Phi) is 8.45. The first-order valence-electron chi connectivity index (χ1n) is 10.6. The molecule has 1 aliphatic carbocycles. The van der Waals surface area contributed by atoms with Gasteiger partial charge in [0.2, 0.25) is 5.91 Å². The molecule has 0 unspecified atom stereocenters. The predicted molar refractivity (Wildman–Crippen MR) is 119 cm³/mol. The largest absolute Gasteiger partial charge is 0.446 e. The van der Waals surface area contributed by atoms with Gasteiger partial charge in [0, 0.05) is 28.9 Å². The molecule has 1 heterocycles. The summed E-state index contributed by atoms with van der Waals surface area (Å²) in [5, 5.41) is 12.2. The van der Waals surface area contributed by atoms with Crippen molar-refractivity contribution in [1.29, 1.82) is 0 Å². The zero-order valence-corrected chi connectivity index (χ0v) is 19.2. The highest BCUT2D eigenvalue weighted by atomic mass is 19.4. The van der Waals surface area contributed by atoms with Gasteiger partial charge in [-0.2, -0.15) is 18.3 Å². The van der Waals surface area contributed by atoms with Crippen LogP contribution in [0.3, 0.4) is 0 Å². The second-order valence-electron chi connectivity index (χ2n) is 8.88. The Morgan fingerprint density at radius 2 is 2.03 bits per heavy atom. The van der Waals surface area contributed by atoms with Gasteiger partial charge in [-0.1, -0.05) is 6.08 Å². The maximum Gasteiger partial charge on any atom is 0.416 e. The summed E-state index contributed by atoms with van der Waals surface area (Å²) in [4.78, 5) is 27.7. The number of amides is 2. The van der Waals surface area contributed by atoms with Crippen molar-refractivity contribution in [2.24, 2.45) is 4.99 Å². The van der Waals surface area contributed by atoms with Gasteiger partial charge in [0.25, 0.3) is 0 Å². The first-order chi connectivity index (χ1) is 15.3. The first kappa shape index (κ1) is 26.1. The van der Waals surface area contributed by atoms with Crippen LogP contribution in [0, 0.1) is 0 Å². The third kappa shape index (κ3) is 8.39. The molecule has 0 bridgehead atoms. The Bertz CT molecular complexity index is 928. The van der Waals surface area contributed by atoms with Gasteiger partial charge in [0.1, 0.15) is 6.10 Å². The van der Waals surface area contributed by atoms with E-state index in [-0.39, 0.29) is 35.5 Å². The lowest BCUT2D eigenvalue weighted by Gasteiger charge is -2.22. The SMILES string of the molecule is C=N/C(=C\C(=C/C)C(F)(F)F)CC(=O)Nc1cc([C@H]2CC[C@@H](OC(=O)NC(C)(C)C)C2)[nH]n1. The van der Waals surface area contributed by atoms with E-state index in [1.165, 1.54) is 6.92 Å². The molecule has 1 aromatic rings. The number of nitrogens with zero attached hydrogens (tertiary/aromatic N) is 2. The zero-order valence-electron chi connectivity index (χ0n) is 19.2. The van der Waals surface area contributed by atoms with E-state index in [2.05, 4.69) is 32.5 Å². The van der Waals surface area contributed by atoms with Crippen LogP contribution in [0.5, 0.6) is 0 Å². The summed E-state index contributed by atoms with van der Waals surface area (Å²) in [5.41, 5.74) is -0.631. The average Bonchev–Trinajstić information content (AvgIpc) is 3.31. The number of carbonyl (C=O) groups is 2. The van der Waals surface area contributed by atoms with Gasteiger partial charge in [-0.05, 0) is 59.8 Å². The lowest BCUT2D eigenvalue weighted by Crippen LogP contribution is -2.42. The Balaban J connectivity index is 1.92. The molecule has 1 fully saturated rings. The zero-order chi connectivity index (χ0) is 24.8. The number of nitrogens with one attached hydrogen (secondary N) is 3. The topological polar surface area (TPSA) is 108 Å². The molecule has 0 aliphatic heterocycles. The summed E-state index contributed by atoms with van der Waals surface area (Å²) >= 11 is 0. The number of alkyl carbamates (subject to hydrolysis) is 1. The second-order valence-corrected chi connectivity index (χ2v) is 8.88. The van der Waals surface area contributed by atoms with Crippen molar-refractivity contribution in [2.75, 3.05) is 5.32 Å². The number of halogens is 3. The summed E-state index contributed by atoms with van der Waals surface area (Å²) in [6.07, 6.45) is -1.84. The number of H-pyrrole nitrogens is 1. The first-order valence-corrected chi connectivity index (χ1v) is 10.6. The van der Waals surface area contributed by atoms with Crippen LogP contribution in [0.1, 0.15) is 65.0 Å². The van der Waals surface area contributed by atoms with Crippen molar-refractivity contribution < 1.29 is 27.5 Å². The lowest BCUT2D eigenvalue weighted by atomic mass is 10.0. The fourth-order valence-corrected chi connectivity index (χ4v) is 3.44. The lowest BCUT2D eigenvalue weighted by molar-refractivity contribution is -0.115. The van der Waals surface area contributed by atoms with E-state index in [1.54, 1.807) is 6.07 Å². The molecule has 2 atom stereocenters. The number of aromatic nitrogens is 2. The van der Waals surface area contributed by atoms with Crippen molar-refractivity contribution in [3.05, 3.63) is 35.2 Å². The maximum absolute atomic E-state index is 12.9. The molecule has 1 aromatic heterocycles. The molecule has 8 nitrogen and oxygen atoms in total. The Morgan fingerprint density at radius 3 is 2.61 bits per heavy atom. The van der Waals surface area contributed by atoms with Gasteiger partial charge in [0.05, 0.1) is 12.0 Å². The van der Waals surface area contributed by atoms with Gasteiger partial charge in [-0.15, -0.1) is 0 Å². The van der Waals surface area contributed by atoms with E-state index in [9.17, 15) is 22.8 Å². The standard InChI is InChI=1S/C22H30F3N5O3/c1-6-14(22(23,24)25)10-15(26-5)11-19(31)27-18-12-17(29-30-18)13-7-8-16(9-13)33-20(32)28-21(2,3)4/h6,10,12-13,16H,5,7-9,11H2,1-4H3,(H,28,32)(H2,27,29,30,31)/b14-6+,15-10-/t13-,16+/m0/s1. The van der Waals surface area contributed by atoms with Crippen molar-refractivity contribution in [3.63, 3.8) is 0 Å². The molecular weight excluding hydrogens is 439 g/mol. The summed E-state index contributed by atoms with van der Waals surface area (Å²) in [5.74, 6) is -0.254. The molecule has 0 radical (unpaired) electrons. The number of alkyl halides is 3. The fourth-order valence-electron chi connectivity index (χ4n) is 3.44. The molecule has 1 aliphatic rings. The third-order valence-corrected chi connectivity index (χ3v) is 4.95. The van der Waals surface area contributed by atoms with Crippen LogP contribution < -0.4 is 10.6 Å². The van der Waals surface area contributed by atoms with Gasteiger partial charge in [-0.3, -0.25) is 14.9 Å². The molecular formula is C22H30F3N5O3. The molecule has 0 spiro atoms. The molecule has 11 heteroatoms. The number of hydrogen-bond acceptors (Lipinski definition) is 5. The highest BCUT2D eigenvalue weighted by Crippen LogP contribution is 2.36. The number of anilines is 1. The number of rotatable bonds is 7. The number of hydrogen-bond donors (Lipinski definition) is 3. The maximum atomic E-state index is 12.9. The van der Waals surface area contributed by atoms with Crippen molar-refractivity contribution >= 4 is 24.5 Å². The second kappa shape index (κ2) is 10.7. The van der Waals surface area contributed by atoms with E-state index in [0.29, 0.717) is 12.8 Å². The van der Waals surface area contributed by atoms with Gasteiger partial charge in [0.15, 0.2) is 5.82 Å². The monoisotopic (exact) mass is 469 g/mol. The molecule has 3 N–H and O–H groups in total. The number of aliphatic imine (C=N–C) groups is 1. The summed E-state index contributed by atoms with van der Waals surface area (Å²) in [6.45, 7) is 10.1. The van der Waals surface area contributed by atoms with E-state index < -0.39 is 23.7 Å². The Hall–Kier alpha value is -3.11. The third-order valence-electron chi connectivity index (χ3n) is 4.95. The van der Waals surface area contributed by atoms with Crippen molar-refractivity contribution in [3.8, 4) is 0 Å². The molecule has 1 saturated carbocycles. The van der Waals surface area contributed by atoms with E-state index in [1.807, 2.05) is 20.8 Å². The van der Waals surface area contributed by atoms with Crippen LogP contribution in [0.25, 0.3) is 0 Å². The van der Waals surface area contributed by atoms with E-state index in [0.717, 1.165) is 24.3 Å². The van der Waals surface area contributed by atoms with Gasteiger partial charge >= 0.3 is 12.3 Å². The fraction of sp³-hybridized carbons (Fsp3) is 0.545. The Labute approximate surface area is 190 Å². The van der Waals surface area contributed by atoms with Crippen LogP contribution in [0.4, 0.5) is 23.8 Å². The smallest absolute Gasteiger partial charge is 0.416 e. The van der Waals surface area contributed by atoms with Crippen molar-refractivity contribution in [1.82, 2.24) is 15.5 Å². The number of ether oxygens (including phenoxy) is 1. The van der Waals surface area contributed by atoms with E-state index >= 15 is 0 Å². The highest BCUT2D eigenvalue weighted by Gasteiger charge is 2.32. The Morgan fingerprint density at radius 1 is 1.33 bits per heavy atom. The molecule has 2 rings (SSSR count). The van der Waals surface area contributed by atoms with Crippen LogP contribution in [-0.2, 0) is 9.53 Å². The summed E-state index contributed by atoms with van der Waals surface area (Å²) < 4.78 is 44.2. The van der Waals surface area contributed by atoms with E-state index in [4.69, 9.17) is 4.74 Å². The van der Waals surface area contributed by atoms with Gasteiger partial charge < -0.3 is 15.4 Å². The van der Waals surface area contributed by atoms with Crippen LogP contribution in [0.15, 0.2) is 34.5 Å². The number of carbonyl (C=O) groups excluding carboxylic acids is 2. The molecule has 0 saturated heterocycles. The number of allylic oxidation sites excluding steroid dienone is 3. The van der Waals surface area contributed by atoms with Crippen LogP contribution in [-0.4, -0.2) is 46.7 Å². The molecule has 2 amide bonds. The molecule has 33 heavy (non-hydrogen) atoms. The average molecular weight is 470 g/mol. The summed E-state index contributed by atoms with van der Waals surface area (Å²) in [6, 6.07) is 1.66. The minimum atomic E-state index is -4.55.